The normalized spacial score (nSPS) is 14.5. The number of anilines is 1. The number of carbonyl (C=O) groups excluding carboxylic acids is 3. The molecule has 0 unspecified atom stereocenters. The third kappa shape index (κ3) is 5.44. The van der Waals surface area contributed by atoms with E-state index in [4.69, 9.17) is 4.74 Å². The van der Waals surface area contributed by atoms with Crippen molar-refractivity contribution in [1.82, 2.24) is 5.32 Å². The van der Waals surface area contributed by atoms with Gasteiger partial charge in [-0.15, -0.1) is 0 Å². The minimum absolute atomic E-state index is 0.0945. The number of esters is 1. The van der Waals surface area contributed by atoms with Gasteiger partial charge >= 0.3 is 5.97 Å². The molecule has 1 aliphatic rings. The topological polar surface area (TPSA) is 75.7 Å². The number of nitrogens with zero attached hydrogens (tertiary/aromatic N) is 1. The van der Waals surface area contributed by atoms with Crippen LogP contribution in [0.5, 0.6) is 0 Å². The van der Waals surface area contributed by atoms with Crippen molar-refractivity contribution in [1.29, 1.82) is 0 Å². The van der Waals surface area contributed by atoms with Gasteiger partial charge in [-0.05, 0) is 42.7 Å². The summed E-state index contributed by atoms with van der Waals surface area (Å²) in [6, 6.07) is 16.3. The Hall–Kier alpha value is -3.15. The largest absolute Gasteiger partial charge is 0.452 e. The number of nitrogens with one attached hydrogen (secondary N) is 1. The molecule has 0 aliphatic carbocycles. The number of benzene rings is 2. The Morgan fingerprint density at radius 2 is 1.83 bits per heavy atom. The number of hydrogen-bond acceptors (Lipinski definition) is 4. The molecule has 1 heterocycles. The average molecular weight is 394 g/mol. The Balaban J connectivity index is 1.52. The van der Waals surface area contributed by atoms with E-state index in [1.165, 1.54) is 0 Å². The van der Waals surface area contributed by atoms with Crippen LogP contribution in [0.4, 0.5) is 5.69 Å². The molecule has 0 spiro atoms. The van der Waals surface area contributed by atoms with E-state index in [9.17, 15) is 14.4 Å². The molecule has 6 heteroatoms. The van der Waals surface area contributed by atoms with E-state index in [-0.39, 0.29) is 24.5 Å². The predicted octanol–water partition coefficient (Wildman–Crippen LogP) is 3.63. The summed E-state index contributed by atoms with van der Waals surface area (Å²) in [5.41, 5.74) is 2.15. The van der Waals surface area contributed by atoms with Crippen LogP contribution in [-0.4, -0.2) is 30.9 Å². The van der Waals surface area contributed by atoms with Crippen LogP contribution in [0.15, 0.2) is 54.6 Å². The van der Waals surface area contributed by atoms with E-state index < -0.39 is 5.97 Å². The van der Waals surface area contributed by atoms with Gasteiger partial charge in [0, 0.05) is 18.7 Å². The Kier molecular flexibility index (Phi) is 7.00. The van der Waals surface area contributed by atoms with Crippen LogP contribution in [0, 0.1) is 0 Å². The highest BCUT2D eigenvalue weighted by atomic mass is 16.5. The fourth-order valence-corrected chi connectivity index (χ4v) is 3.45. The molecule has 0 radical (unpaired) electrons. The van der Waals surface area contributed by atoms with Gasteiger partial charge in [0.15, 0.2) is 6.61 Å². The average Bonchev–Trinajstić information content (AvgIpc) is 3.18. The summed E-state index contributed by atoms with van der Waals surface area (Å²) in [6.45, 7) is 2.42. The third-order valence-corrected chi connectivity index (χ3v) is 4.94. The fourth-order valence-electron chi connectivity index (χ4n) is 3.45. The van der Waals surface area contributed by atoms with Crippen LogP contribution in [0.1, 0.15) is 54.6 Å². The zero-order chi connectivity index (χ0) is 20.6. The third-order valence-electron chi connectivity index (χ3n) is 4.94. The number of hydrogen-bond donors (Lipinski definition) is 1. The van der Waals surface area contributed by atoms with Gasteiger partial charge in [-0.1, -0.05) is 43.7 Å². The first kappa shape index (κ1) is 20.6. The molecule has 152 valence electrons. The molecule has 6 nitrogen and oxygen atoms in total. The molecular formula is C23H26N2O4. The van der Waals surface area contributed by atoms with E-state index in [1.807, 2.05) is 30.3 Å². The lowest BCUT2D eigenvalue weighted by molar-refractivity contribution is -0.125. The van der Waals surface area contributed by atoms with Crippen molar-refractivity contribution in [2.75, 3.05) is 18.1 Å². The van der Waals surface area contributed by atoms with E-state index >= 15 is 0 Å². The van der Waals surface area contributed by atoms with Crippen LogP contribution in [0.3, 0.4) is 0 Å². The Morgan fingerprint density at radius 3 is 2.45 bits per heavy atom. The predicted molar refractivity (Wildman–Crippen MR) is 111 cm³/mol. The van der Waals surface area contributed by atoms with Crippen molar-refractivity contribution in [2.45, 2.75) is 38.6 Å². The summed E-state index contributed by atoms with van der Waals surface area (Å²) in [4.78, 5) is 38.0. The Morgan fingerprint density at radius 1 is 1.10 bits per heavy atom. The van der Waals surface area contributed by atoms with Crippen molar-refractivity contribution in [3.05, 3.63) is 65.7 Å². The second-order valence-corrected chi connectivity index (χ2v) is 7.09. The molecule has 3 rings (SSSR count). The molecule has 1 N–H and O–H groups in total. The zero-order valence-electron chi connectivity index (χ0n) is 16.6. The van der Waals surface area contributed by atoms with Gasteiger partial charge in [-0.2, -0.15) is 0 Å². The first-order valence-electron chi connectivity index (χ1n) is 10.0. The highest BCUT2D eigenvalue weighted by Gasteiger charge is 2.22. The van der Waals surface area contributed by atoms with Crippen LogP contribution in [0.2, 0.25) is 0 Å². The highest BCUT2D eigenvalue weighted by molar-refractivity contribution is 5.96. The lowest BCUT2D eigenvalue weighted by atomic mass is 10.0. The van der Waals surface area contributed by atoms with Gasteiger partial charge in [-0.3, -0.25) is 9.59 Å². The quantitative estimate of drug-likeness (QED) is 0.694. The molecular weight excluding hydrogens is 368 g/mol. The SMILES string of the molecule is CCC[C@H](NC(=O)COC(=O)c1ccc(N2CCCC2=O)cc1)c1ccccc1. The fraction of sp³-hybridized carbons (Fsp3) is 0.348. The molecule has 0 aromatic heterocycles. The van der Waals surface area contributed by atoms with E-state index in [2.05, 4.69) is 12.2 Å². The minimum Gasteiger partial charge on any atom is -0.452 e. The standard InChI is InChI=1S/C23H26N2O4/c1-2-7-20(17-8-4-3-5-9-17)24-21(26)16-29-23(28)18-11-13-19(14-12-18)25-15-6-10-22(25)27/h3-5,8-9,11-14,20H,2,6-7,10,15-16H2,1H3,(H,24,26)/t20-/m0/s1. The Labute approximate surface area is 170 Å². The van der Waals surface area contributed by atoms with Crippen molar-refractivity contribution >= 4 is 23.5 Å². The zero-order valence-corrected chi connectivity index (χ0v) is 16.6. The summed E-state index contributed by atoms with van der Waals surface area (Å²) < 4.78 is 5.16. The van der Waals surface area contributed by atoms with Crippen molar-refractivity contribution in [3.63, 3.8) is 0 Å². The van der Waals surface area contributed by atoms with Crippen molar-refractivity contribution in [3.8, 4) is 0 Å². The maximum atomic E-state index is 12.3. The highest BCUT2D eigenvalue weighted by Crippen LogP contribution is 2.22. The van der Waals surface area contributed by atoms with E-state index in [0.717, 1.165) is 30.5 Å². The lowest BCUT2D eigenvalue weighted by Gasteiger charge is -2.18. The minimum atomic E-state index is -0.564. The van der Waals surface area contributed by atoms with Crippen molar-refractivity contribution < 1.29 is 19.1 Å². The van der Waals surface area contributed by atoms with Gasteiger partial charge in [0.25, 0.3) is 5.91 Å². The van der Waals surface area contributed by atoms with Crippen LogP contribution >= 0.6 is 0 Å². The maximum absolute atomic E-state index is 12.3. The second-order valence-electron chi connectivity index (χ2n) is 7.09. The molecule has 0 saturated carbocycles. The first-order chi connectivity index (χ1) is 14.1. The molecule has 1 fully saturated rings. The summed E-state index contributed by atoms with van der Waals surface area (Å²) in [6.07, 6.45) is 3.13. The lowest BCUT2D eigenvalue weighted by Crippen LogP contribution is -2.32. The molecule has 1 aliphatic heterocycles. The molecule has 1 atom stereocenters. The summed E-state index contributed by atoms with van der Waals surface area (Å²) >= 11 is 0. The molecule has 2 aromatic carbocycles. The Bertz CT molecular complexity index is 849. The van der Waals surface area contributed by atoms with Crippen LogP contribution in [0.25, 0.3) is 0 Å². The van der Waals surface area contributed by atoms with Crippen molar-refractivity contribution in [2.24, 2.45) is 0 Å². The van der Waals surface area contributed by atoms with Gasteiger partial charge in [-0.25, -0.2) is 4.79 Å². The summed E-state index contributed by atoms with van der Waals surface area (Å²) in [5, 5.41) is 2.93. The van der Waals surface area contributed by atoms with E-state index in [1.54, 1.807) is 29.2 Å². The molecule has 29 heavy (non-hydrogen) atoms. The monoisotopic (exact) mass is 394 g/mol. The van der Waals surface area contributed by atoms with Crippen LogP contribution in [-0.2, 0) is 14.3 Å². The molecule has 2 aromatic rings. The number of rotatable bonds is 8. The van der Waals surface area contributed by atoms with E-state index in [0.29, 0.717) is 18.5 Å². The summed E-state index contributed by atoms with van der Waals surface area (Å²) in [5.74, 6) is -0.803. The number of amides is 2. The van der Waals surface area contributed by atoms with Gasteiger partial charge in [0.05, 0.1) is 11.6 Å². The number of ether oxygens (including phenoxy) is 1. The smallest absolute Gasteiger partial charge is 0.338 e. The molecule has 1 saturated heterocycles. The number of carbonyl (C=O) groups is 3. The second kappa shape index (κ2) is 9.87. The summed E-state index contributed by atoms with van der Waals surface area (Å²) in [7, 11) is 0. The first-order valence-corrected chi connectivity index (χ1v) is 10.0. The van der Waals surface area contributed by atoms with Gasteiger partial charge in [0.1, 0.15) is 0 Å². The molecule has 0 bridgehead atoms. The van der Waals surface area contributed by atoms with Gasteiger partial charge < -0.3 is 15.0 Å². The maximum Gasteiger partial charge on any atom is 0.338 e. The molecule has 2 amide bonds. The van der Waals surface area contributed by atoms with Crippen LogP contribution < -0.4 is 10.2 Å². The van der Waals surface area contributed by atoms with Gasteiger partial charge in [0.2, 0.25) is 5.91 Å².